The van der Waals surface area contributed by atoms with Gasteiger partial charge in [0.05, 0.1) is 19.9 Å². The first kappa shape index (κ1) is 18.5. The maximum Gasteiger partial charge on any atom is 0.161 e. The summed E-state index contributed by atoms with van der Waals surface area (Å²) in [5, 5.41) is 9.61. The normalized spacial score (nSPS) is 10.9. The van der Waals surface area contributed by atoms with E-state index >= 15 is 0 Å². The molecular formula is C18H25N3O2S. The lowest BCUT2D eigenvalue weighted by atomic mass is 10.1. The Bertz CT molecular complexity index is 631. The second kappa shape index (κ2) is 9.49. The molecule has 1 aromatic carbocycles. The summed E-state index contributed by atoms with van der Waals surface area (Å²) in [6.45, 7) is 7.61. The largest absolute Gasteiger partial charge is 0.493 e. The number of methoxy groups -OCH3 is 2. The van der Waals surface area contributed by atoms with Crippen molar-refractivity contribution < 1.29 is 9.47 Å². The second-order valence-corrected chi connectivity index (χ2v) is 6.32. The molecule has 0 unspecified atom stereocenters. The van der Waals surface area contributed by atoms with Crippen LogP contribution in [0.2, 0.25) is 0 Å². The molecule has 0 atom stereocenters. The predicted molar refractivity (Wildman–Crippen MR) is 99.1 cm³/mol. The van der Waals surface area contributed by atoms with Crippen molar-refractivity contribution in [1.29, 1.82) is 0 Å². The highest BCUT2D eigenvalue weighted by atomic mass is 32.2. The van der Waals surface area contributed by atoms with Gasteiger partial charge in [0.1, 0.15) is 5.03 Å². The van der Waals surface area contributed by atoms with Crippen LogP contribution in [0.15, 0.2) is 35.4 Å². The molecule has 6 heteroatoms. The van der Waals surface area contributed by atoms with E-state index in [4.69, 9.17) is 9.47 Å². The molecule has 0 fully saturated rings. The van der Waals surface area contributed by atoms with Crippen molar-refractivity contribution in [1.82, 2.24) is 15.1 Å². The Morgan fingerprint density at radius 1 is 0.958 bits per heavy atom. The third kappa shape index (κ3) is 4.85. The first-order valence-electron chi connectivity index (χ1n) is 8.13. The zero-order valence-corrected chi connectivity index (χ0v) is 15.6. The summed E-state index contributed by atoms with van der Waals surface area (Å²) in [5.41, 5.74) is 1.78. The van der Waals surface area contributed by atoms with Crippen molar-refractivity contribution >= 4 is 11.8 Å². The highest BCUT2D eigenvalue weighted by molar-refractivity contribution is 7.99. The number of hydrogen-bond donors (Lipinski definition) is 0. The standard InChI is InChI=1S/C18H25N3O2S/c1-5-21(6-2)11-12-24-18-10-8-15(19-20-18)14-7-9-16(22-3)17(13-14)23-4/h7-10,13H,5-6,11-12H2,1-4H3. The second-order valence-electron chi connectivity index (χ2n) is 5.20. The zero-order chi connectivity index (χ0) is 17.4. The molecule has 0 aliphatic heterocycles. The lowest BCUT2D eigenvalue weighted by molar-refractivity contribution is 0.324. The van der Waals surface area contributed by atoms with Gasteiger partial charge in [-0.1, -0.05) is 13.8 Å². The SMILES string of the molecule is CCN(CC)CCSc1ccc(-c2ccc(OC)c(OC)c2)nn1. The van der Waals surface area contributed by atoms with Crippen molar-refractivity contribution in [3.05, 3.63) is 30.3 Å². The van der Waals surface area contributed by atoms with Crippen molar-refractivity contribution in [2.75, 3.05) is 39.6 Å². The van der Waals surface area contributed by atoms with Gasteiger partial charge in [0.15, 0.2) is 11.5 Å². The van der Waals surface area contributed by atoms with Crippen LogP contribution < -0.4 is 9.47 Å². The van der Waals surface area contributed by atoms with E-state index in [1.165, 1.54) is 0 Å². The molecule has 5 nitrogen and oxygen atoms in total. The van der Waals surface area contributed by atoms with E-state index in [0.29, 0.717) is 11.5 Å². The van der Waals surface area contributed by atoms with Crippen LogP contribution in [-0.2, 0) is 0 Å². The Kier molecular flexibility index (Phi) is 7.34. The molecule has 1 heterocycles. The van der Waals surface area contributed by atoms with E-state index in [2.05, 4.69) is 28.9 Å². The highest BCUT2D eigenvalue weighted by Gasteiger charge is 2.08. The number of benzene rings is 1. The average molecular weight is 347 g/mol. The smallest absolute Gasteiger partial charge is 0.161 e. The Morgan fingerprint density at radius 3 is 2.29 bits per heavy atom. The molecule has 2 aromatic rings. The Labute approximate surface area is 148 Å². The predicted octanol–water partition coefficient (Wildman–Crippen LogP) is 3.59. The number of rotatable bonds is 9. The number of hydrogen-bond acceptors (Lipinski definition) is 6. The summed E-state index contributed by atoms with van der Waals surface area (Å²) in [6.07, 6.45) is 0. The summed E-state index contributed by atoms with van der Waals surface area (Å²) in [6, 6.07) is 9.76. The first-order chi connectivity index (χ1) is 11.7. The summed E-state index contributed by atoms with van der Waals surface area (Å²) in [5.74, 6) is 2.42. The first-order valence-corrected chi connectivity index (χ1v) is 9.11. The fourth-order valence-corrected chi connectivity index (χ4v) is 3.19. The minimum absolute atomic E-state index is 0.689. The number of ether oxygens (including phenoxy) is 2. The average Bonchev–Trinajstić information content (AvgIpc) is 2.65. The van der Waals surface area contributed by atoms with Crippen molar-refractivity contribution in [2.24, 2.45) is 0 Å². The summed E-state index contributed by atoms with van der Waals surface area (Å²) in [4.78, 5) is 2.40. The van der Waals surface area contributed by atoms with Gasteiger partial charge in [-0.25, -0.2) is 0 Å². The molecule has 0 aliphatic carbocycles. The Morgan fingerprint density at radius 2 is 1.71 bits per heavy atom. The van der Waals surface area contributed by atoms with Crippen LogP contribution in [0.5, 0.6) is 11.5 Å². The monoisotopic (exact) mass is 347 g/mol. The van der Waals surface area contributed by atoms with Gasteiger partial charge in [-0.3, -0.25) is 0 Å². The van der Waals surface area contributed by atoms with Gasteiger partial charge >= 0.3 is 0 Å². The maximum absolute atomic E-state index is 5.34. The molecule has 0 N–H and O–H groups in total. The van der Waals surface area contributed by atoms with Crippen LogP contribution in [0.25, 0.3) is 11.3 Å². The van der Waals surface area contributed by atoms with E-state index < -0.39 is 0 Å². The van der Waals surface area contributed by atoms with Gasteiger partial charge in [-0.15, -0.1) is 22.0 Å². The lowest BCUT2D eigenvalue weighted by Gasteiger charge is -2.16. The molecule has 1 aromatic heterocycles. The number of nitrogens with zero attached hydrogens (tertiary/aromatic N) is 3. The van der Waals surface area contributed by atoms with Gasteiger partial charge in [0.25, 0.3) is 0 Å². The quantitative estimate of drug-likeness (QED) is 0.646. The minimum Gasteiger partial charge on any atom is -0.493 e. The third-order valence-corrected chi connectivity index (χ3v) is 4.77. The molecule has 130 valence electrons. The minimum atomic E-state index is 0.689. The van der Waals surface area contributed by atoms with Crippen LogP contribution in [0.4, 0.5) is 0 Å². The van der Waals surface area contributed by atoms with Crippen LogP contribution in [0.3, 0.4) is 0 Å². The topological polar surface area (TPSA) is 47.5 Å². The van der Waals surface area contributed by atoms with Crippen LogP contribution in [0.1, 0.15) is 13.8 Å². The van der Waals surface area contributed by atoms with Crippen molar-refractivity contribution in [3.63, 3.8) is 0 Å². The molecule has 0 radical (unpaired) electrons. The molecule has 0 amide bonds. The number of thioether (sulfide) groups is 1. The zero-order valence-electron chi connectivity index (χ0n) is 14.8. The molecule has 0 spiro atoms. The van der Waals surface area contributed by atoms with Crippen LogP contribution in [-0.4, -0.2) is 54.7 Å². The Balaban J connectivity index is 2.01. The van der Waals surface area contributed by atoms with Gasteiger partial charge in [-0.05, 0) is 43.4 Å². The van der Waals surface area contributed by atoms with Gasteiger partial charge in [0.2, 0.25) is 0 Å². The van der Waals surface area contributed by atoms with Crippen molar-refractivity contribution in [2.45, 2.75) is 18.9 Å². The van der Waals surface area contributed by atoms with Gasteiger partial charge < -0.3 is 14.4 Å². The molecule has 0 aliphatic rings. The maximum atomic E-state index is 5.34. The Hall–Kier alpha value is -1.79. The van der Waals surface area contributed by atoms with Crippen molar-refractivity contribution in [3.8, 4) is 22.8 Å². The van der Waals surface area contributed by atoms with E-state index in [1.807, 2.05) is 30.3 Å². The fraction of sp³-hybridized carbons (Fsp3) is 0.444. The van der Waals surface area contributed by atoms with Crippen LogP contribution >= 0.6 is 11.8 Å². The summed E-state index contributed by atoms with van der Waals surface area (Å²) >= 11 is 1.74. The highest BCUT2D eigenvalue weighted by Crippen LogP contribution is 2.31. The van der Waals surface area contributed by atoms with E-state index in [1.54, 1.807) is 26.0 Å². The fourth-order valence-electron chi connectivity index (χ4n) is 2.37. The molecule has 0 saturated carbocycles. The molecular weight excluding hydrogens is 322 g/mol. The van der Waals surface area contributed by atoms with Gasteiger partial charge in [0, 0.05) is 17.9 Å². The van der Waals surface area contributed by atoms with E-state index in [-0.39, 0.29) is 0 Å². The van der Waals surface area contributed by atoms with Crippen LogP contribution in [0, 0.1) is 0 Å². The molecule has 0 bridgehead atoms. The van der Waals surface area contributed by atoms with E-state index in [9.17, 15) is 0 Å². The third-order valence-electron chi connectivity index (χ3n) is 3.87. The summed E-state index contributed by atoms with van der Waals surface area (Å²) < 4.78 is 10.6. The molecule has 2 rings (SSSR count). The van der Waals surface area contributed by atoms with E-state index in [0.717, 1.165) is 41.7 Å². The number of aromatic nitrogens is 2. The summed E-state index contributed by atoms with van der Waals surface area (Å²) in [7, 11) is 3.25. The lowest BCUT2D eigenvalue weighted by Crippen LogP contribution is -2.25. The van der Waals surface area contributed by atoms with Gasteiger partial charge in [-0.2, -0.15) is 0 Å². The molecule has 0 saturated heterocycles. The molecule has 24 heavy (non-hydrogen) atoms.